The van der Waals surface area contributed by atoms with Crippen LogP contribution in [0.1, 0.15) is 53.4 Å². The molecule has 0 radical (unpaired) electrons. The van der Waals surface area contributed by atoms with Gasteiger partial charge in [0.15, 0.2) is 0 Å². The van der Waals surface area contributed by atoms with E-state index in [9.17, 15) is 14.3 Å². The number of likely N-dealkylation sites (tertiary alicyclic amines) is 1. The highest BCUT2D eigenvalue weighted by Crippen LogP contribution is 2.47. The zero-order valence-corrected chi connectivity index (χ0v) is 18.5. The summed E-state index contributed by atoms with van der Waals surface area (Å²) in [6.45, 7) is 1.42. The van der Waals surface area contributed by atoms with Gasteiger partial charge in [-0.1, -0.05) is 30.3 Å². The summed E-state index contributed by atoms with van der Waals surface area (Å²) < 4.78 is 19.7. The first kappa shape index (κ1) is 21.5. The Morgan fingerprint density at radius 2 is 1.73 bits per heavy atom. The van der Waals surface area contributed by atoms with Crippen LogP contribution in [0.25, 0.3) is 0 Å². The van der Waals surface area contributed by atoms with Crippen molar-refractivity contribution in [3.8, 4) is 11.5 Å². The Bertz CT molecular complexity index is 1110. The maximum absolute atomic E-state index is 13.6. The lowest BCUT2D eigenvalue weighted by Gasteiger charge is -2.35. The van der Waals surface area contributed by atoms with Gasteiger partial charge in [0, 0.05) is 12.5 Å². The molecule has 5 rings (SSSR count). The quantitative estimate of drug-likeness (QED) is 0.536. The Morgan fingerprint density at radius 1 is 0.970 bits per heavy atom. The number of hydrogen-bond acceptors (Lipinski definition) is 3. The van der Waals surface area contributed by atoms with E-state index < -0.39 is 0 Å². The van der Waals surface area contributed by atoms with Gasteiger partial charge in [0.25, 0.3) is 0 Å². The molecule has 1 heterocycles. The molecule has 1 amide bonds. The predicted octanol–water partition coefficient (Wildman–Crippen LogP) is 5.39. The molecule has 3 atom stereocenters. The molecule has 170 valence electrons. The largest absolute Gasteiger partial charge is 0.508 e. The van der Waals surface area contributed by atoms with Crippen molar-refractivity contribution in [3.63, 3.8) is 0 Å². The van der Waals surface area contributed by atoms with Gasteiger partial charge in [0.1, 0.15) is 23.4 Å². The number of carbonyl (C=O) groups is 1. The first-order valence-corrected chi connectivity index (χ1v) is 11.6. The Balaban J connectivity index is 1.44. The van der Waals surface area contributed by atoms with Crippen LogP contribution in [0, 0.1) is 5.82 Å². The van der Waals surface area contributed by atoms with Gasteiger partial charge in [-0.25, -0.2) is 4.39 Å². The molecule has 4 nitrogen and oxygen atoms in total. The van der Waals surface area contributed by atoms with E-state index in [1.807, 2.05) is 36.4 Å². The van der Waals surface area contributed by atoms with Crippen LogP contribution in [-0.4, -0.2) is 35.6 Å². The third-order valence-corrected chi connectivity index (χ3v) is 6.99. The topological polar surface area (TPSA) is 49.8 Å². The molecular weight excluding hydrogens is 417 g/mol. The van der Waals surface area contributed by atoms with E-state index in [1.54, 1.807) is 11.0 Å². The number of ether oxygens (including phenoxy) is 1. The van der Waals surface area contributed by atoms with Crippen molar-refractivity contribution in [1.29, 1.82) is 0 Å². The molecule has 0 aromatic heterocycles. The number of aryl methyl sites for hydroxylation is 1. The molecule has 1 aliphatic heterocycles. The van der Waals surface area contributed by atoms with Crippen LogP contribution in [0.3, 0.4) is 0 Å². The van der Waals surface area contributed by atoms with E-state index >= 15 is 0 Å². The van der Waals surface area contributed by atoms with Crippen LogP contribution in [0.5, 0.6) is 11.5 Å². The summed E-state index contributed by atoms with van der Waals surface area (Å²) in [5.74, 6) is 1.18. The Morgan fingerprint density at radius 3 is 2.48 bits per heavy atom. The number of piperidine rings is 1. The van der Waals surface area contributed by atoms with E-state index in [-0.39, 0.29) is 29.5 Å². The second-order valence-corrected chi connectivity index (χ2v) is 9.11. The highest BCUT2D eigenvalue weighted by atomic mass is 19.1. The summed E-state index contributed by atoms with van der Waals surface area (Å²) in [5, 5.41) is 10.0. The van der Waals surface area contributed by atoms with Gasteiger partial charge in [-0.3, -0.25) is 4.79 Å². The number of rotatable bonds is 5. The number of nitrogens with zero attached hydrogens (tertiary/aromatic N) is 1. The second kappa shape index (κ2) is 9.26. The number of hydrogen-bond donors (Lipinski definition) is 1. The number of benzene rings is 3. The molecule has 0 bridgehead atoms. The molecule has 2 aliphatic rings. The van der Waals surface area contributed by atoms with Crippen LogP contribution in [0.2, 0.25) is 0 Å². The molecule has 5 heteroatoms. The minimum absolute atomic E-state index is 0.0140. The van der Waals surface area contributed by atoms with Crippen molar-refractivity contribution in [2.24, 2.45) is 0 Å². The van der Waals surface area contributed by atoms with Crippen LogP contribution < -0.4 is 4.74 Å². The fourth-order valence-corrected chi connectivity index (χ4v) is 5.39. The lowest BCUT2D eigenvalue weighted by atomic mass is 9.69. The fourth-order valence-electron chi connectivity index (χ4n) is 5.39. The first-order valence-electron chi connectivity index (χ1n) is 11.6. The van der Waals surface area contributed by atoms with Gasteiger partial charge >= 0.3 is 0 Å². The van der Waals surface area contributed by atoms with Gasteiger partial charge in [-0.2, -0.15) is 0 Å². The number of aromatic hydroxyl groups is 1. The molecule has 1 N–H and O–H groups in total. The average Bonchev–Trinajstić information content (AvgIpc) is 2.84. The van der Waals surface area contributed by atoms with Crippen molar-refractivity contribution < 1.29 is 19.0 Å². The Kier molecular flexibility index (Phi) is 6.03. The first-order chi connectivity index (χ1) is 16.1. The third-order valence-electron chi connectivity index (χ3n) is 6.99. The smallest absolute Gasteiger partial charge is 0.209 e. The molecule has 1 fully saturated rings. The van der Waals surface area contributed by atoms with Gasteiger partial charge in [0.2, 0.25) is 6.41 Å². The van der Waals surface area contributed by atoms with Gasteiger partial charge in [0.05, 0.1) is 6.54 Å². The van der Waals surface area contributed by atoms with E-state index in [1.165, 1.54) is 23.3 Å². The molecule has 33 heavy (non-hydrogen) atoms. The van der Waals surface area contributed by atoms with Gasteiger partial charge in [-0.05, 0) is 90.3 Å². The van der Waals surface area contributed by atoms with Crippen molar-refractivity contribution in [2.45, 2.75) is 43.6 Å². The number of fused-ring (bicyclic) bond motifs is 1. The van der Waals surface area contributed by atoms with Crippen molar-refractivity contribution in [2.75, 3.05) is 13.1 Å². The average molecular weight is 446 g/mol. The molecule has 3 unspecified atom stereocenters. The Labute approximate surface area is 193 Å². The molecular formula is C28H28FNO3. The van der Waals surface area contributed by atoms with Gasteiger partial charge < -0.3 is 14.7 Å². The predicted molar refractivity (Wildman–Crippen MR) is 125 cm³/mol. The summed E-state index contributed by atoms with van der Waals surface area (Å²) in [6.07, 6.45) is 4.60. The number of carbonyl (C=O) groups excluding carboxylic acids is 1. The second-order valence-electron chi connectivity index (χ2n) is 9.11. The summed E-state index contributed by atoms with van der Waals surface area (Å²) >= 11 is 0. The number of phenolic OH excluding ortho intramolecular Hbond substituents is 1. The monoisotopic (exact) mass is 445 g/mol. The SMILES string of the molecule is O=CN1CCCC(Oc2ccc(C3c4ccc(O)cc4CCC3c3ccc(F)cc3)cc2)C1. The van der Waals surface area contributed by atoms with Crippen LogP contribution in [-0.2, 0) is 11.2 Å². The lowest BCUT2D eigenvalue weighted by Crippen LogP contribution is -2.40. The third kappa shape index (κ3) is 4.58. The molecule has 1 aliphatic carbocycles. The van der Waals surface area contributed by atoms with Crippen LogP contribution in [0.15, 0.2) is 66.7 Å². The van der Waals surface area contributed by atoms with Crippen molar-refractivity contribution in [3.05, 3.63) is 94.8 Å². The Hall–Kier alpha value is -3.34. The lowest BCUT2D eigenvalue weighted by molar-refractivity contribution is -0.120. The summed E-state index contributed by atoms with van der Waals surface area (Å²) in [5.41, 5.74) is 4.66. The zero-order valence-electron chi connectivity index (χ0n) is 18.5. The van der Waals surface area contributed by atoms with Crippen LogP contribution >= 0.6 is 0 Å². The molecule has 3 aromatic rings. The van der Waals surface area contributed by atoms with E-state index in [2.05, 4.69) is 12.1 Å². The number of halogens is 1. The van der Waals surface area contributed by atoms with Crippen molar-refractivity contribution in [1.82, 2.24) is 4.90 Å². The minimum Gasteiger partial charge on any atom is -0.508 e. The molecule has 0 spiro atoms. The van der Waals surface area contributed by atoms with E-state index in [0.717, 1.165) is 55.5 Å². The molecule has 3 aromatic carbocycles. The highest BCUT2D eigenvalue weighted by Gasteiger charge is 2.32. The fraction of sp³-hybridized carbons (Fsp3) is 0.321. The maximum Gasteiger partial charge on any atom is 0.209 e. The van der Waals surface area contributed by atoms with E-state index in [4.69, 9.17) is 4.74 Å². The highest BCUT2D eigenvalue weighted by molar-refractivity contribution is 5.48. The summed E-state index contributed by atoms with van der Waals surface area (Å²) in [6, 6.07) is 20.7. The number of phenols is 1. The summed E-state index contributed by atoms with van der Waals surface area (Å²) in [4.78, 5) is 12.9. The zero-order chi connectivity index (χ0) is 22.8. The van der Waals surface area contributed by atoms with E-state index in [0.29, 0.717) is 6.54 Å². The molecule has 1 saturated heterocycles. The maximum atomic E-state index is 13.6. The van der Waals surface area contributed by atoms with Crippen molar-refractivity contribution >= 4 is 6.41 Å². The summed E-state index contributed by atoms with van der Waals surface area (Å²) in [7, 11) is 0. The number of amides is 1. The van der Waals surface area contributed by atoms with Crippen LogP contribution in [0.4, 0.5) is 4.39 Å². The normalized spacial score (nSPS) is 22.5. The van der Waals surface area contributed by atoms with Gasteiger partial charge in [-0.15, -0.1) is 0 Å². The standard InChI is InChI=1S/C28H28FNO3/c29-22-8-3-19(4-9-22)26-13-7-21-16-23(32)10-14-27(21)28(26)20-5-11-24(12-6-20)33-25-2-1-15-30(17-25)18-31/h3-6,8-12,14,16,18,25-26,28,32H,1-2,7,13,15,17H2. The minimum atomic E-state index is -0.228. The molecule has 0 saturated carbocycles.